The molecule has 0 radical (unpaired) electrons. The largest absolute Gasteiger partial charge is 0.0616 e. The van der Waals surface area contributed by atoms with Crippen LogP contribution in [0.5, 0.6) is 0 Å². The van der Waals surface area contributed by atoms with E-state index in [9.17, 15) is 0 Å². The summed E-state index contributed by atoms with van der Waals surface area (Å²) in [5.74, 6) is 0. The van der Waals surface area contributed by atoms with Gasteiger partial charge in [0.15, 0.2) is 0 Å². The Morgan fingerprint density at radius 2 is 0.429 bits per heavy atom. The van der Waals surface area contributed by atoms with Crippen LogP contribution in [0.1, 0.15) is 0 Å². The minimum atomic E-state index is 1.29. The Bertz CT molecular complexity index is 2590. The highest BCUT2D eigenvalue weighted by atomic mass is 14.1. The van der Waals surface area contributed by atoms with Gasteiger partial charge in [-0.25, -0.2) is 0 Å². The smallest absolute Gasteiger partial charge is 0.00987 e. The average Bonchev–Trinajstić information content (AvgIpc) is 3.02. The lowest BCUT2D eigenvalue weighted by molar-refractivity contribution is 1.79. The van der Waals surface area contributed by atoms with Gasteiger partial charge in [-0.3, -0.25) is 0 Å². The van der Waals surface area contributed by atoms with Crippen LogP contribution < -0.4 is 0 Å². The van der Waals surface area contributed by atoms with E-state index in [0.29, 0.717) is 0 Å². The van der Waals surface area contributed by atoms with Gasteiger partial charge in [0.25, 0.3) is 0 Å². The van der Waals surface area contributed by atoms with Crippen molar-refractivity contribution < 1.29 is 0 Å². The summed E-state index contributed by atoms with van der Waals surface area (Å²) in [6.07, 6.45) is 0. The molecular formula is C42H24. The first-order valence-electron chi connectivity index (χ1n) is 14.7. The molecule has 0 atom stereocenters. The van der Waals surface area contributed by atoms with E-state index < -0.39 is 0 Å². The van der Waals surface area contributed by atoms with E-state index in [1.807, 2.05) is 0 Å². The lowest BCUT2D eigenvalue weighted by Crippen LogP contribution is -1.84. The van der Waals surface area contributed by atoms with Crippen LogP contribution in [0.3, 0.4) is 0 Å². The summed E-state index contributed by atoms with van der Waals surface area (Å²) < 4.78 is 0. The third-order valence-electron chi connectivity index (χ3n) is 9.39. The van der Waals surface area contributed by atoms with E-state index >= 15 is 0 Å². The molecule has 0 amide bonds. The summed E-state index contributed by atoms with van der Waals surface area (Å²) in [4.78, 5) is 0. The first kappa shape index (κ1) is 22.3. The van der Waals surface area contributed by atoms with Crippen molar-refractivity contribution in [2.45, 2.75) is 0 Å². The molecule has 0 spiro atoms. The zero-order valence-corrected chi connectivity index (χ0v) is 22.9. The highest BCUT2D eigenvalue weighted by Crippen LogP contribution is 2.37. The fourth-order valence-corrected chi connectivity index (χ4v) is 7.26. The molecule has 0 nitrogen and oxygen atoms in total. The Morgan fingerprint density at radius 1 is 0.167 bits per heavy atom. The molecule has 192 valence electrons. The van der Waals surface area contributed by atoms with E-state index in [1.54, 1.807) is 0 Å². The van der Waals surface area contributed by atoms with Crippen molar-refractivity contribution in [3.05, 3.63) is 146 Å². The monoisotopic (exact) mass is 528 g/mol. The summed E-state index contributed by atoms with van der Waals surface area (Å²) in [5, 5.41) is 23.3. The van der Waals surface area contributed by atoms with Gasteiger partial charge >= 0.3 is 0 Å². The summed E-state index contributed by atoms with van der Waals surface area (Å²) in [5.41, 5.74) is 0. The van der Waals surface area contributed by atoms with Crippen LogP contribution in [0, 0.1) is 0 Å². The van der Waals surface area contributed by atoms with Gasteiger partial charge in [0.2, 0.25) is 0 Å². The fraction of sp³-hybridized carbons (Fsp3) is 0. The van der Waals surface area contributed by atoms with E-state index in [0.717, 1.165) is 0 Å². The molecule has 0 aliphatic heterocycles. The van der Waals surface area contributed by atoms with Crippen LogP contribution in [0.2, 0.25) is 0 Å². The molecule has 10 rings (SSSR count). The second-order valence-corrected chi connectivity index (χ2v) is 11.9. The molecule has 10 aromatic carbocycles. The Kier molecular flexibility index (Phi) is 4.27. The molecule has 10 aromatic rings. The molecule has 0 unspecified atom stereocenters. The Balaban J connectivity index is 1.22. The number of fused-ring (bicyclic) bond motifs is 11. The zero-order chi connectivity index (χ0) is 27.4. The molecule has 0 aromatic heterocycles. The van der Waals surface area contributed by atoms with Gasteiger partial charge in [-0.2, -0.15) is 0 Å². The van der Waals surface area contributed by atoms with E-state index in [4.69, 9.17) is 0 Å². The van der Waals surface area contributed by atoms with Gasteiger partial charge in [0, 0.05) is 0 Å². The number of rotatable bonds is 0. The minimum Gasteiger partial charge on any atom is -0.0616 e. The molecule has 0 aliphatic rings. The molecular weight excluding hydrogens is 504 g/mol. The Hall–Kier alpha value is -5.46. The summed E-state index contributed by atoms with van der Waals surface area (Å²) >= 11 is 0. The van der Waals surface area contributed by atoms with Gasteiger partial charge in [0.05, 0.1) is 0 Å². The molecule has 0 heteroatoms. The Morgan fingerprint density at radius 3 is 0.762 bits per heavy atom. The van der Waals surface area contributed by atoms with Crippen molar-refractivity contribution in [3.63, 3.8) is 0 Å². The third-order valence-corrected chi connectivity index (χ3v) is 9.39. The highest BCUT2D eigenvalue weighted by Gasteiger charge is 2.10. The predicted octanol–water partition coefficient (Wildman–Crippen LogP) is 12.1. The quantitative estimate of drug-likeness (QED) is 0.136. The third kappa shape index (κ3) is 3.18. The average molecular weight is 529 g/mol. The van der Waals surface area contributed by atoms with Crippen molar-refractivity contribution in [2.24, 2.45) is 0 Å². The molecule has 0 aliphatic carbocycles. The van der Waals surface area contributed by atoms with Gasteiger partial charge in [-0.15, -0.1) is 0 Å². The van der Waals surface area contributed by atoms with Crippen molar-refractivity contribution >= 4 is 97.0 Å². The molecule has 42 heavy (non-hydrogen) atoms. The van der Waals surface area contributed by atoms with E-state index in [2.05, 4.69) is 146 Å². The highest BCUT2D eigenvalue weighted by molar-refractivity contribution is 6.22. The molecule has 0 bridgehead atoms. The van der Waals surface area contributed by atoms with Crippen molar-refractivity contribution in [2.75, 3.05) is 0 Å². The van der Waals surface area contributed by atoms with Gasteiger partial charge in [0.1, 0.15) is 0 Å². The second-order valence-electron chi connectivity index (χ2n) is 11.9. The second kappa shape index (κ2) is 8.06. The van der Waals surface area contributed by atoms with E-state index in [1.165, 1.54) is 97.0 Å². The molecule has 0 N–H and O–H groups in total. The van der Waals surface area contributed by atoms with Crippen molar-refractivity contribution in [1.29, 1.82) is 0 Å². The molecule has 0 saturated carbocycles. The summed E-state index contributed by atoms with van der Waals surface area (Å²) in [7, 11) is 0. The maximum atomic E-state index is 2.40. The normalized spacial score (nSPS) is 12.3. The maximum absolute atomic E-state index is 2.40. The van der Waals surface area contributed by atoms with Crippen LogP contribution in [-0.2, 0) is 0 Å². The molecule has 0 heterocycles. The SMILES string of the molecule is c1ccc2cc3cc4cc5c(ccc6c7cc8cc9cc%10ccccc%10cc9cc8cc7ccc56)cc4cc3cc2c1. The van der Waals surface area contributed by atoms with Crippen LogP contribution in [-0.4, -0.2) is 0 Å². The maximum Gasteiger partial charge on any atom is -0.00987 e. The standard InChI is InChI=1S/C42H24/c1-3-7-27-15-33-21-37-23-41-29(17-35(37)19-31(33)13-25(27)5-1)9-11-40-39(41)12-10-30-18-36-20-32-14-26-6-2-4-8-28(26)16-34(32)22-38(36)24-42(30)40/h1-24H. The molecule has 0 fully saturated rings. The number of benzene rings is 10. The van der Waals surface area contributed by atoms with Crippen molar-refractivity contribution in [1.82, 2.24) is 0 Å². The van der Waals surface area contributed by atoms with Crippen molar-refractivity contribution in [3.8, 4) is 0 Å². The number of hydrogen-bond acceptors (Lipinski definition) is 0. The van der Waals surface area contributed by atoms with Gasteiger partial charge in [-0.05, 0) is 170 Å². The van der Waals surface area contributed by atoms with Crippen LogP contribution in [0.15, 0.2) is 146 Å². The topological polar surface area (TPSA) is 0 Å². The van der Waals surface area contributed by atoms with Gasteiger partial charge in [-0.1, -0.05) is 72.8 Å². The van der Waals surface area contributed by atoms with Gasteiger partial charge < -0.3 is 0 Å². The Labute approximate surface area is 242 Å². The first-order chi connectivity index (χ1) is 20.7. The van der Waals surface area contributed by atoms with Crippen LogP contribution in [0.4, 0.5) is 0 Å². The fourth-order valence-electron chi connectivity index (χ4n) is 7.26. The minimum absolute atomic E-state index is 1.29. The summed E-state index contributed by atoms with van der Waals surface area (Å²) in [6.45, 7) is 0. The lowest BCUT2D eigenvalue weighted by Gasteiger charge is -2.12. The lowest BCUT2D eigenvalue weighted by atomic mass is 9.92. The summed E-state index contributed by atoms with van der Waals surface area (Å²) in [6, 6.07) is 54.7. The number of hydrogen-bond donors (Lipinski definition) is 0. The zero-order valence-electron chi connectivity index (χ0n) is 22.9. The first-order valence-corrected chi connectivity index (χ1v) is 14.7. The van der Waals surface area contributed by atoms with Crippen LogP contribution in [0.25, 0.3) is 97.0 Å². The van der Waals surface area contributed by atoms with E-state index in [-0.39, 0.29) is 0 Å². The van der Waals surface area contributed by atoms with Crippen LogP contribution >= 0.6 is 0 Å². The predicted molar refractivity (Wildman–Crippen MR) is 184 cm³/mol. The molecule has 0 saturated heterocycles.